The molecule has 0 bridgehead atoms. The van der Waals surface area contributed by atoms with Gasteiger partial charge in [-0.15, -0.1) is 11.3 Å². The molecule has 0 radical (unpaired) electrons. The number of amides is 1. The predicted octanol–water partition coefficient (Wildman–Crippen LogP) is 2.30. The molecular weight excluding hydrogens is 304 g/mol. The van der Waals surface area contributed by atoms with Gasteiger partial charge in [-0.05, 0) is 35.6 Å². The van der Waals surface area contributed by atoms with E-state index in [9.17, 15) is 4.79 Å². The molecule has 4 heteroatoms. The van der Waals surface area contributed by atoms with E-state index < -0.39 is 0 Å². The van der Waals surface area contributed by atoms with Crippen LogP contribution in [-0.4, -0.2) is 25.5 Å². The van der Waals surface area contributed by atoms with Crippen LogP contribution in [0.2, 0.25) is 0 Å². The second-order valence-electron chi connectivity index (χ2n) is 6.03. The van der Waals surface area contributed by atoms with E-state index in [0.717, 1.165) is 19.5 Å². The summed E-state index contributed by atoms with van der Waals surface area (Å²) in [7, 11) is 0. The molecule has 0 aliphatic carbocycles. The van der Waals surface area contributed by atoms with Gasteiger partial charge in [0, 0.05) is 11.3 Å². The Morgan fingerprint density at radius 3 is 2.74 bits per heavy atom. The number of thiophene rings is 1. The number of hydrogen-bond acceptors (Lipinski definition) is 2. The van der Waals surface area contributed by atoms with Crippen molar-refractivity contribution in [2.75, 3.05) is 19.6 Å². The fourth-order valence-corrected chi connectivity index (χ4v) is 3.72. The van der Waals surface area contributed by atoms with Crippen LogP contribution in [0.4, 0.5) is 0 Å². The lowest BCUT2D eigenvalue weighted by Gasteiger charge is -2.24. The smallest absolute Gasteiger partial charge is 0.275 e. The van der Waals surface area contributed by atoms with Crippen molar-refractivity contribution in [1.29, 1.82) is 0 Å². The van der Waals surface area contributed by atoms with Crippen molar-refractivity contribution in [1.82, 2.24) is 5.32 Å². The standard InChI is InChI=1S/C19H22N2OS/c1-15(18-8-5-13-23-18)20-19(22)14-21-11-9-17(10-12-21)16-6-3-2-4-7-16/h2-9,13,15H,10-12,14H2,1H3,(H,20,22)/p+1/t15-/m0/s1. The van der Waals surface area contributed by atoms with Crippen LogP contribution in [0.25, 0.3) is 5.57 Å². The third-order valence-corrected chi connectivity index (χ3v) is 5.34. The number of rotatable bonds is 5. The van der Waals surface area contributed by atoms with Crippen LogP contribution in [0.5, 0.6) is 0 Å². The predicted molar refractivity (Wildman–Crippen MR) is 95.5 cm³/mol. The quantitative estimate of drug-likeness (QED) is 0.868. The first kappa shape index (κ1) is 16.0. The molecular formula is C19H23N2OS+. The van der Waals surface area contributed by atoms with E-state index in [1.54, 1.807) is 11.3 Å². The molecule has 2 N–H and O–H groups in total. The highest BCUT2D eigenvalue weighted by atomic mass is 32.1. The van der Waals surface area contributed by atoms with Crippen molar-refractivity contribution in [2.45, 2.75) is 19.4 Å². The molecule has 1 amide bonds. The molecule has 0 saturated heterocycles. The molecule has 1 unspecified atom stereocenters. The summed E-state index contributed by atoms with van der Waals surface area (Å²) < 4.78 is 0. The molecule has 2 atom stereocenters. The van der Waals surface area contributed by atoms with Crippen molar-refractivity contribution < 1.29 is 9.69 Å². The first-order valence-electron chi connectivity index (χ1n) is 8.13. The maximum Gasteiger partial charge on any atom is 0.275 e. The second-order valence-corrected chi connectivity index (χ2v) is 7.01. The highest BCUT2D eigenvalue weighted by Crippen LogP contribution is 2.18. The lowest BCUT2D eigenvalue weighted by molar-refractivity contribution is -0.886. The van der Waals surface area contributed by atoms with E-state index in [-0.39, 0.29) is 11.9 Å². The summed E-state index contributed by atoms with van der Waals surface area (Å²) in [5, 5.41) is 5.15. The Balaban J connectivity index is 1.50. The Morgan fingerprint density at radius 2 is 2.09 bits per heavy atom. The molecule has 2 aromatic rings. The minimum Gasteiger partial charge on any atom is -0.344 e. The number of carbonyl (C=O) groups excluding carboxylic acids is 1. The third kappa shape index (κ3) is 4.30. The lowest BCUT2D eigenvalue weighted by atomic mass is 10.00. The largest absolute Gasteiger partial charge is 0.344 e. The zero-order valence-corrected chi connectivity index (χ0v) is 14.2. The van der Waals surface area contributed by atoms with Gasteiger partial charge in [-0.1, -0.05) is 36.4 Å². The first-order chi connectivity index (χ1) is 11.2. The highest BCUT2D eigenvalue weighted by molar-refractivity contribution is 7.10. The molecule has 0 spiro atoms. The van der Waals surface area contributed by atoms with Crippen molar-refractivity contribution in [3.05, 3.63) is 64.4 Å². The molecule has 1 aliphatic rings. The molecule has 1 aromatic heterocycles. The van der Waals surface area contributed by atoms with Gasteiger partial charge in [0.2, 0.25) is 0 Å². The maximum absolute atomic E-state index is 12.2. The summed E-state index contributed by atoms with van der Waals surface area (Å²) in [5.74, 6) is 0.137. The van der Waals surface area contributed by atoms with Crippen LogP contribution in [0, 0.1) is 0 Å². The lowest BCUT2D eigenvalue weighted by Crippen LogP contribution is -3.13. The average molecular weight is 327 g/mol. The molecule has 2 heterocycles. The van der Waals surface area contributed by atoms with E-state index in [4.69, 9.17) is 0 Å². The Bertz CT molecular complexity index is 664. The van der Waals surface area contributed by atoms with E-state index in [1.165, 1.54) is 20.9 Å². The summed E-state index contributed by atoms with van der Waals surface area (Å²) in [6.07, 6.45) is 3.32. The monoisotopic (exact) mass is 327 g/mol. The summed E-state index contributed by atoms with van der Waals surface area (Å²) in [6.45, 7) is 4.53. The van der Waals surface area contributed by atoms with Gasteiger partial charge in [0.1, 0.15) is 0 Å². The molecule has 3 rings (SSSR count). The summed E-state index contributed by atoms with van der Waals surface area (Å²) in [4.78, 5) is 14.8. The summed E-state index contributed by atoms with van der Waals surface area (Å²) >= 11 is 1.69. The van der Waals surface area contributed by atoms with E-state index in [1.807, 2.05) is 24.4 Å². The molecule has 1 aliphatic heterocycles. The van der Waals surface area contributed by atoms with Gasteiger partial charge >= 0.3 is 0 Å². The number of hydrogen-bond donors (Lipinski definition) is 2. The first-order valence-corrected chi connectivity index (χ1v) is 9.01. The molecule has 0 saturated carbocycles. The van der Waals surface area contributed by atoms with Crippen LogP contribution >= 0.6 is 11.3 Å². The average Bonchev–Trinajstić information content (AvgIpc) is 3.11. The zero-order chi connectivity index (χ0) is 16.1. The van der Waals surface area contributed by atoms with Crippen LogP contribution in [0.1, 0.15) is 29.8 Å². The summed E-state index contributed by atoms with van der Waals surface area (Å²) in [6, 6.07) is 14.7. The third-order valence-electron chi connectivity index (χ3n) is 4.29. The Morgan fingerprint density at radius 1 is 1.26 bits per heavy atom. The van der Waals surface area contributed by atoms with Gasteiger partial charge < -0.3 is 10.2 Å². The molecule has 3 nitrogen and oxygen atoms in total. The minimum absolute atomic E-state index is 0.0992. The second kappa shape index (κ2) is 7.57. The van der Waals surface area contributed by atoms with E-state index in [2.05, 4.69) is 41.7 Å². The Hall–Kier alpha value is -1.91. The molecule has 120 valence electrons. The van der Waals surface area contributed by atoms with Crippen LogP contribution in [-0.2, 0) is 4.79 Å². The van der Waals surface area contributed by atoms with Crippen LogP contribution < -0.4 is 10.2 Å². The van der Waals surface area contributed by atoms with Gasteiger partial charge in [0.05, 0.1) is 19.1 Å². The maximum atomic E-state index is 12.2. The van der Waals surface area contributed by atoms with Crippen molar-refractivity contribution >= 4 is 22.8 Å². The molecule has 23 heavy (non-hydrogen) atoms. The number of benzene rings is 1. The normalized spacial score (nSPS) is 19.0. The number of quaternary nitrogens is 1. The van der Waals surface area contributed by atoms with Crippen LogP contribution in [0.15, 0.2) is 53.9 Å². The van der Waals surface area contributed by atoms with Crippen LogP contribution in [0.3, 0.4) is 0 Å². The van der Waals surface area contributed by atoms with Crippen molar-refractivity contribution in [3.8, 4) is 0 Å². The van der Waals surface area contributed by atoms with Gasteiger partial charge in [-0.2, -0.15) is 0 Å². The van der Waals surface area contributed by atoms with Crippen molar-refractivity contribution in [2.24, 2.45) is 0 Å². The SMILES string of the molecule is C[C@H](NC(=O)C[NH+]1CC=C(c2ccccc2)CC1)c1cccs1. The van der Waals surface area contributed by atoms with Gasteiger partial charge in [0.25, 0.3) is 5.91 Å². The highest BCUT2D eigenvalue weighted by Gasteiger charge is 2.20. The zero-order valence-electron chi connectivity index (χ0n) is 13.4. The fourth-order valence-electron chi connectivity index (χ4n) is 2.99. The minimum atomic E-state index is 0.0992. The van der Waals surface area contributed by atoms with Gasteiger partial charge in [-0.25, -0.2) is 0 Å². The van der Waals surface area contributed by atoms with Gasteiger partial charge in [0.15, 0.2) is 6.54 Å². The fraction of sp³-hybridized carbons (Fsp3) is 0.316. The summed E-state index contributed by atoms with van der Waals surface area (Å²) in [5.41, 5.74) is 2.71. The molecule has 0 fully saturated rings. The number of nitrogens with one attached hydrogen (secondary N) is 2. The number of carbonyl (C=O) groups is 1. The Labute approximate surface area is 141 Å². The van der Waals surface area contributed by atoms with E-state index >= 15 is 0 Å². The Kier molecular flexibility index (Phi) is 5.26. The topological polar surface area (TPSA) is 33.5 Å². The molecule has 1 aromatic carbocycles. The van der Waals surface area contributed by atoms with Gasteiger partial charge in [-0.3, -0.25) is 4.79 Å². The van der Waals surface area contributed by atoms with Crippen molar-refractivity contribution in [3.63, 3.8) is 0 Å². The van der Waals surface area contributed by atoms with E-state index in [0.29, 0.717) is 6.54 Å².